The maximum Gasteiger partial charge on any atom is 0.338 e. The molecule has 1 aliphatic rings. The molecule has 2 atom stereocenters. The Morgan fingerprint density at radius 2 is 2.07 bits per heavy atom. The average Bonchev–Trinajstić information content (AvgIpc) is 2.81. The minimum atomic E-state index is -0.700. The molecular formula is C9H15NO4. The van der Waals surface area contributed by atoms with Crippen LogP contribution in [-0.2, 0) is 19.1 Å². The second-order valence-electron chi connectivity index (χ2n) is 3.39. The third-order valence-corrected chi connectivity index (χ3v) is 1.70. The molecule has 0 aromatic heterocycles. The molecule has 1 N–H and O–H groups in total. The quantitative estimate of drug-likeness (QED) is 0.507. The van der Waals surface area contributed by atoms with Crippen LogP contribution in [0, 0.1) is 0 Å². The van der Waals surface area contributed by atoms with Gasteiger partial charge in [-0.15, -0.1) is 0 Å². The lowest BCUT2D eigenvalue weighted by molar-refractivity contribution is -0.144. The van der Waals surface area contributed by atoms with Crippen LogP contribution >= 0.6 is 0 Å². The second kappa shape index (κ2) is 4.41. The summed E-state index contributed by atoms with van der Waals surface area (Å²) in [4.78, 5) is 22.4. The Hall–Kier alpha value is -1.10. The summed E-state index contributed by atoms with van der Waals surface area (Å²) in [5.74, 6) is -0.713. The maximum atomic E-state index is 11.3. The summed E-state index contributed by atoms with van der Waals surface area (Å²) in [6, 6.07) is 0.0505. The van der Waals surface area contributed by atoms with Crippen molar-refractivity contribution in [2.45, 2.75) is 39.0 Å². The molecule has 1 fully saturated rings. The predicted molar refractivity (Wildman–Crippen MR) is 48.6 cm³/mol. The molecule has 0 aliphatic carbocycles. The molecular weight excluding hydrogens is 186 g/mol. The van der Waals surface area contributed by atoms with Crippen molar-refractivity contribution in [1.82, 2.24) is 5.32 Å². The van der Waals surface area contributed by atoms with Crippen LogP contribution in [0.25, 0.3) is 0 Å². The highest BCUT2D eigenvalue weighted by atomic mass is 16.6. The van der Waals surface area contributed by atoms with Gasteiger partial charge in [0.05, 0.1) is 6.61 Å². The van der Waals surface area contributed by atoms with Crippen LogP contribution in [0.5, 0.6) is 0 Å². The molecule has 5 heteroatoms. The summed E-state index contributed by atoms with van der Waals surface area (Å²) in [5.41, 5.74) is 0. The van der Waals surface area contributed by atoms with Crippen molar-refractivity contribution in [3.05, 3.63) is 0 Å². The Labute approximate surface area is 82.8 Å². The Morgan fingerprint density at radius 3 is 2.57 bits per heavy atom. The summed E-state index contributed by atoms with van der Waals surface area (Å²) in [6.45, 7) is 5.71. The first-order valence-corrected chi connectivity index (χ1v) is 4.68. The molecule has 1 heterocycles. The first-order chi connectivity index (χ1) is 6.56. The van der Waals surface area contributed by atoms with Crippen LogP contribution in [-0.4, -0.2) is 36.7 Å². The Morgan fingerprint density at radius 1 is 1.43 bits per heavy atom. The van der Waals surface area contributed by atoms with E-state index in [0.717, 1.165) is 0 Å². The van der Waals surface area contributed by atoms with Crippen LogP contribution < -0.4 is 5.32 Å². The van der Waals surface area contributed by atoms with Gasteiger partial charge in [0.1, 0.15) is 0 Å². The third kappa shape index (κ3) is 2.70. The number of epoxide rings is 1. The largest absolute Gasteiger partial charge is 0.464 e. The van der Waals surface area contributed by atoms with Gasteiger partial charge in [-0.3, -0.25) is 4.79 Å². The molecule has 1 amide bonds. The van der Waals surface area contributed by atoms with Crippen molar-refractivity contribution in [2.24, 2.45) is 0 Å². The van der Waals surface area contributed by atoms with Crippen LogP contribution in [0.4, 0.5) is 0 Å². The monoisotopic (exact) mass is 201 g/mol. The first kappa shape index (κ1) is 11.0. The van der Waals surface area contributed by atoms with E-state index in [4.69, 9.17) is 9.47 Å². The number of rotatable bonds is 4. The number of ether oxygens (including phenoxy) is 2. The molecule has 0 radical (unpaired) electrons. The van der Waals surface area contributed by atoms with E-state index in [9.17, 15) is 9.59 Å². The van der Waals surface area contributed by atoms with Gasteiger partial charge in [0.15, 0.2) is 12.2 Å². The van der Waals surface area contributed by atoms with E-state index in [2.05, 4.69) is 5.32 Å². The van der Waals surface area contributed by atoms with Gasteiger partial charge in [0.25, 0.3) is 5.91 Å². The zero-order valence-corrected chi connectivity index (χ0v) is 8.57. The highest BCUT2D eigenvalue weighted by molar-refractivity contribution is 5.92. The number of amides is 1. The third-order valence-electron chi connectivity index (χ3n) is 1.70. The zero-order chi connectivity index (χ0) is 10.7. The van der Waals surface area contributed by atoms with E-state index in [1.807, 2.05) is 13.8 Å². The molecule has 0 spiro atoms. The maximum absolute atomic E-state index is 11.3. The topological polar surface area (TPSA) is 67.9 Å². The lowest BCUT2D eigenvalue weighted by Crippen LogP contribution is -2.35. The zero-order valence-electron chi connectivity index (χ0n) is 8.57. The van der Waals surface area contributed by atoms with Crippen molar-refractivity contribution >= 4 is 11.9 Å². The van der Waals surface area contributed by atoms with Gasteiger partial charge < -0.3 is 14.8 Å². The van der Waals surface area contributed by atoms with E-state index in [1.165, 1.54) is 0 Å². The highest BCUT2D eigenvalue weighted by Gasteiger charge is 2.51. The number of nitrogens with one attached hydrogen (secondary N) is 1. The molecule has 1 aliphatic heterocycles. The van der Waals surface area contributed by atoms with Gasteiger partial charge >= 0.3 is 5.97 Å². The molecule has 80 valence electrons. The molecule has 0 aromatic carbocycles. The molecule has 0 unspecified atom stereocenters. The molecule has 0 saturated carbocycles. The van der Waals surface area contributed by atoms with Crippen LogP contribution in [0.2, 0.25) is 0 Å². The van der Waals surface area contributed by atoms with Crippen LogP contribution in [0.1, 0.15) is 20.8 Å². The van der Waals surface area contributed by atoms with Crippen molar-refractivity contribution in [2.75, 3.05) is 6.61 Å². The number of esters is 1. The lowest BCUT2D eigenvalue weighted by Gasteiger charge is -2.05. The fraction of sp³-hybridized carbons (Fsp3) is 0.778. The number of hydrogen-bond donors (Lipinski definition) is 1. The fourth-order valence-corrected chi connectivity index (χ4v) is 1.08. The second-order valence-corrected chi connectivity index (χ2v) is 3.39. The van der Waals surface area contributed by atoms with Crippen molar-refractivity contribution in [3.63, 3.8) is 0 Å². The van der Waals surface area contributed by atoms with Crippen LogP contribution in [0.15, 0.2) is 0 Å². The SMILES string of the molecule is CCOC(=O)[C@H]1O[C@@H]1C(=O)NC(C)C. The molecule has 0 aromatic rings. The standard InChI is InChI=1S/C9H15NO4/c1-4-13-9(12)7-6(14-7)8(11)10-5(2)3/h5-7H,4H2,1-3H3,(H,10,11)/t6-,7-/m0/s1. The van der Waals surface area contributed by atoms with Crippen LogP contribution in [0.3, 0.4) is 0 Å². The molecule has 5 nitrogen and oxygen atoms in total. The van der Waals surface area contributed by atoms with Crippen molar-refractivity contribution in [1.29, 1.82) is 0 Å². The summed E-state index contributed by atoms with van der Waals surface area (Å²) < 4.78 is 9.61. The Balaban J connectivity index is 2.31. The van der Waals surface area contributed by atoms with E-state index in [1.54, 1.807) is 6.92 Å². The van der Waals surface area contributed by atoms with Gasteiger partial charge in [-0.1, -0.05) is 0 Å². The summed E-state index contributed by atoms with van der Waals surface area (Å²) >= 11 is 0. The average molecular weight is 201 g/mol. The highest BCUT2D eigenvalue weighted by Crippen LogP contribution is 2.23. The molecule has 0 bridgehead atoms. The van der Waals surface area contributed by atoms with Crippen molar-refractivity contribution in [3.8, 4) is 0 Å². The van der Waals surface area contributed by atoms with E-state index in [0.29, 0.717) is 6.61 Å². The summed E-state index contributed by atoms with van der Waals surface area (Å²) in [5, 5.41) is 2.66. The fourth-order valence-electron chi connectivity index (χ4n) is 1.08. The molecule has 1 rings (SSSR count). The van der Waals surface area contributed by atoms with Gasteiger partial charge in [-0.05, 0) is 20.8 Å². The molecule has 1 saturated heterocycles. The summed E-state index contributed by atoms with van der Waals surface area (Å²) in [6.07, 6.45) is -1.36. The number of hydrogen-bond acceptors (Lipinski definition) is 4. The van der Waals surface area contributed by atoms with Gasteiger partial charge in [0.2, 0.25) is 0 Å². The minimum Gasteiger partial charge on any atom is -0.464 e. The van der Waals surface area contributed by atoms with Gasteiger partial charge in [-0.2, -0.15) is 0 Å². The Kier molecular flexibility index (Phi) is 3.46. The lowest BCUT2D eigenvalue weighted by atomic mass is 10.3. The van der Waals surface area contributed by atoms with Gasteiger partial charge in [-0.25, -0.2) is 4.79 Å². The minimum absolute atomic E-state index is 0.0505. The predicted octanol–water partition coefficient (Wildman–Crippen LogP) is -0.159. The van der Waals surface area contributed by atoms with E-state index < -0.39 is 18.2 Å². The van der Waals surface area contributed by atoms with E-state index in [-0.39, 0.29) is 11.9 Å². The summed E-state index contributed by atoms with van der Waals surface area (Å²) in [7, 11) is 0. The first-order valence-electron chi connectivity index (χ1n) is 4.68. The number of carbonyl (C=O) groups is 2. The van der Waals surface area contributed by atoms with Crippen molar-refractivity contribution < 1.29 is 19.1 Å². The smallest absolute Gasteiger partial charge is 0.338 e. The Bertz CT molecular complexity index is 239. The number of carbonyl (C=O) groups excluding carboxylic acids is 2. The normalized spacial score (nSPS) is 24.6. The van der Waals surface area contributed by atoms with Gasteiger partial charge in [0, 0.05) is 6.04 Å². The molecule has 14 heavy (non-hydrogen) atoms. The van der Waals surface area contributed by atoms with E-state index >= 15 is 0 Å².